The van der Waals surface area contributed by atoms with E-state index < -0.39 is 5.97 Å². The second kappa shape index (κ2) is 4.23. The number of aryl methyl sites for hydroxylation is 1. The maximum absolute atomic E-state index is 10.9. The Morgan fingerprint density at radius 2 is 2.31 bits per heavy atom. The maximum atomic E-state index is 10.9. The average molecular weight is 254 g/mol. The molecule has 5 heteroatoms. The van der Waals surface area contributed by atoms with Crippen LogP contribution in [0.15, 0.2) is 23.7 Å². The summed E-state index contributed by atoms with van der Waals surface area (Å²) in [4.78, 5) is 15.9. The van der Waals surface area contributed by atoms with Crippen LogP contribution in [0.1, 0.15) is 15.2 Å². The number of carboxylic acid groups (broad SMARTS) is 1. The third-order valence-electron chi connectivity index (χ3n) is 2.24. The number of hydrogen-bond donors (Lipinski definition) is 1. The topological polar surface area (TPSA) is 50.2 Å². The van der Waals surface area contributed by atoms with Crippen LogP contribution >= 0.6 is 22.9 Å². The van der Waals surface area contributed by atoms with Crippen molar-refractivity contribution in [1.29, 1.82) is 0 Å². The summed E-state index contributed by atoms with van der Waals surface area (Å²) >= 11 is 7.31. The molecule has 2 rings (SSSR count). The van der Waals surface area contributed by atoms with Gasteiger partial charge in [0, 0.05) is 16.6 Å². The first-order chi connectivity index (χ1) is 7.59. The van der Waals surface area contributed by atoms with Crippen LogP contribution in [0.25, 0.3) is 11.1 Å². The summed E-state index contributed by atoms with van der Waals surface area (Å²) in [5, 5.41) is 10.9. The first kappa shape index (κ1) is 11.1. The van der Waals surface area contributed by atoms with Crippen molar-refractivity contribution >= 4 is 28.9 Å². The van der Waals surface area contributed by atoms with E-state index in [2.05, 4.69) is 4.98 Å². The third-order valence-corrected chi connectivity index (χ3v) is 3.39. The Morgan fingerprint density at radius 1 is 1.56 bits per heavy atom. The fourth-order valence-corrected chi connectivity index (χ4v) is 2.34. The highest BCUT2D eigenvalue weighted by Crippen LogP contribution is 2.29. The molecule has 0 saturated heterocycles. The minimum Gasteiger partial charge on any atom is -0.478 e. The van der Waals surface area contributed by atoms with Crippen molar-refractivity contribution in [2.75, 3.05) is 0 Å². The first-order valence-corrected chi connectivity index (χ1v) is 5.78. The van der Waals surface area contributed by atoms with Crippen molar-refractivity contribution in [3.8, 4) is 11.1 Å². The Kier molecular flexibility index (Phi) is 2.94. The molecule has 82 valence electrons. The van der Waals surface area contributed by atoms with Crippen LogP contribution in [0.2, 0.25) is 5.15 Å². The van der Waals surface area contributed by atoms with E-state index in [1.165, 1.54) is 0 Å². The molecular weight excluding hydrogens is 246 g/mol. The molecule has 0 aliphatic heterocycles. The lowest BCUT2D eigenvalue weighted by Gasteiger charge is -2.03. The van der Waals surface area contributed by atoms with E-state index in [1.807, 2.05) is 18.4 Å². The Labute approximate surface area is 101 Å². The highest BCUT2D eigenvalue weighted by molar-refractivity contribution is 7.10. The van der Waals surface area contributed by atoms with Gasteiger partial charge >= 0.3 is 5.97 Å². The maximum Gasteiger partial charge on any atom is 0.338 e. The average Bonchev–Trinajstić information content (AvgIpc) is 2.65. The summed E-state index contributed by atoms with van der Waals surface area (Å²) in [7, 11) is 0. The minimum atomic E-state index is -1.06. The first-order valence-electron chi connectivity index (χ1n) is 4.53. The lowest BCUT2D eigenvalue weighted by atomic mass is 10.1. The second-order valence-corrected chi connectivity index (χ2v) is 4.74. The zero-order chi connectivity index (χ0) is 11.7. The van der Waals surface area contributed by atoms with Gasteiger partial charge in [0.2, 0.25) is 0 Å². The number of carbonyl (C=O) groups is 1. The van der Waals surface area contributed by atoms with Crippen LogP contribution in [0.5, 0.6) is 0 Å². The molecule has 0 unspecified atom stereocenters. The van der Waals surface area contributed by atoms with Gasteiger partial charge in [-0.1, -0.05) is 11.6 Å². The van der Waals surface area contributed by atoms with Gasteiger partial charge in [0.25, 0.3) is 0 Å². The molecule has 0 aliphatic carbocycles. The van der Waals surface area contributed by atoms with Crippen molar-refractivity contribution in [2.24, 2.45) is 0 Å². The molecule has 0 radical (unpaired) electrons. The van der Waals surface area contributed by atoms with E-state index in [0.717, 1.165) is 16.0 Å². The molecule has 0 fully saturated rings. The number of halogens is 1. The van der Waals surface area contributed by atoms with E-state index >= 15 is 0 Å². The number of hydrogen-bond acceptors (Lipinski definition) is 3. The van der Waals surface area contributed by atoms with Gasteiger partial charge in [-0.3, -0.25) is 0 Å². The molecule has 16 heavy (non-hydrogen) atoms. The van der Waals surface area contributed by atoms with Crippen molar-refractivity contribution in [1.82, 2.24) is 4.98 Å². The number of thiophene rings is 1. The molecule has 0 spiro atoms. The largest absolute Gasteiger partial charge is 0.478 e. The van der Waals surface area contributed by atoms with Gasteiger partial charge in [0.15, 0.2) is 0 Å². The summed E-state index contributed by atoms with van der Waals surface area (Å²) in [6.45, 7) is 1.98. The molecule has 0 bridgehead atoms. The molecule has 0 aliphatic rings. The van der Waals surface area contributed by atoms with E-state index in [1.54, 1.807) is 23.6 Å². The van der Waals surface area contributed by atoms with Crippen LogP contribution in [-0.2, 0) is 0 Å². The monoisotopic (exact) mass is 253 g/mol. The molecule has 1 N–H and O–H groups in total. The van der Waals surface area contributed by atoms with Crippen LogP contribution < -0.4 is 0 Å². The zero-order valence-corrected chi connectivity index (χ0v) is 9.97. The normalized spacial score (nSPS) is 10.4. The number of rotatable bonds is 2. The predicted molar refractivity (Wildman–Crippen MR) is 64.3 cm³/mol. The highest BCUT2D eigenvalue weighted by Gasteiger charge is 2.12. The SMILES string of the molecule is Cc1sccc1-c1cnc(Cl)c(C(=O)O)c1. The van der Waals surface area contributed by atoms with Gasteiger partial charge in [-0.2, -0.15) is 0 Å². The Balaban J connectivity index is 2.56. The summed E-state index contributed by atoms with van der Waals surface area (Å²) in [5.41, 5.74) is 1.81. The standard InChI is InChI=1S/C11H8ClNO2S/c1-6-8(2-3-16-6)7-4-9(11(14)15)10(12)13-5-7/h2-5H,1H3,(H,14,15). The fraction of sp³-hybridized carbons (Fsp3) is 0.0909. The summed E-state index contributed by atoms with van der Waals surface area (Å²) in [5.74, 6) is -1.06. The molecule has 3 nitrogen and oxygen atoms in total. The smallest absolute Gasteiger partial charge is 0.338 e. The molecular formula is C11H8ClNO2S. The highest BCUT2D eigenvalue weighted by atomic mass is 35.5. The van der Waals surface area contributed by atoms with Crippen LogP contribution in [0.4, 0.5) is 0 Å². The molecule has 0 aromatic carbocycles. The van der Waals surface area contributed by atoms with E-state index in [4.69, 9.17) is 16.7 Å². The molecule has 2 heterocycles. The van der Waals surface area contributed by atoms with Crippen molar-refractivity contribution in [2.45, 2.75) is 6.92 Å². The summed E-state index contributed by atoms with van der Waals surface area (Å²) < 4.78 is 0. The quantitative estimate of drug-likeness (QED) is 0.834. The van der Waals surface area contributed by atoms with Gasteiger partial charge in [-0.15, -0.1) is 11.3 Å². The van der Waals surface area contributed by atoms with Crippen molar-refractivity contribution in [3.05, 3.63) is 39.3 Å². The minimum absolute atomic E-state index is 0.0177. The number of carboxylic acids is 1. The van der Waals surface area contributed by atoms with Crippen LogP contribution in [0.3, 0.4) is 0 Å². The Morgan fingerprint density at radius 3 is 2.88 bits per heavy atom. The Hall–Kier alpha value is -1.39. The number of nitrogens with zero attached hydrogens (tertiary/aromatic N) is 1. The van der Waals surface area contributed by atoms with Gasteiger partial charge in [0.1, 0.15) is 5.15 Å². The van der Waals surface area contributed by atoms with Crippen LogP contribution in [-0.4, -0.2) is 16.1 Å². The van der Waals surface area contributed by atoms with E-state index in [9.17, 15) is 4.79 Å². The second-order valence-electron chi connectivity index (χ2n) is 3.26. The summed E-state index contributed by atoms with van der Waals surface area (Å²) in [6, 6.07) is 3.49. The van der Waals surface area contributed by atoms with Gasteiger partial charge in [-0.25, -0.2) is 9.78 Å². The van der Waals surface area contributed by atoms with Crippen LogP contribution in [0, 0.1) is 6.92 Å². The van der Waals surface area contributed by atoms with E-state index in [0.29, 0.717) is 0 Å². The molecule has 2 aromatic rings. The third kappa shape index (κ3) is 1.94. The fourth-order valence-electron chi connectivity index (χ4n) is 1.43. The zero-order valence-electron chi connectivity index (χ0n) is 8.40. The van der Waals surface area contributed by atoms with Crippen molar-refractivity contribution < 1.29 is 9.90 Å². The summed E-state index contributed by atoms with van der Waals surface area (Å²) in [6.07, 6.45) is 1.59. The predicted octanol–water partition coefficient (Wildman–Crippen LogP) is 3.47. The van der Waals surface area contributed by atoms with E-state index in [-0.39, 0.29) is 10.7 Å². The molecule has 0 saturated carbocycles. The molecule has 0 atom stereocenters. The lowest BCUT2D eigenvalue weighted by Crippen LogP contribution is -1.99. The number of pyridine rings is 1. The molecule has 2 aromatic heterocycles. The molecule has 0 amide bonds. The Bertz CT molecular complexity index is 551. The van der Waals surface area contributed by atoms with Gasteiger partial charge in [-0.05, 0) is 30.0 Å². The van der Waals surface area contributed by atoms with Gasteiger partial charge < -0.3 is 5.11 Å². The van der Waals surface area contributed by atoms with Gasteiger partial charge in [0.05, 0.1) is 5.56 Å². The lowest BCUT2D eigenvalue weighted by molar-refractivity contribution is 0.0696. The number of aromatic carboxylic acids is 1. The van der Waals surface area contributed by atoms with Crippen molar-refractivity contribution in [3.63, 3.8) is 0 Å². The number of aromatic nitrogens is 1.